The van der Waals surface area contributed by atoms with Crippen molar-refractivity contribution in [2.24, 2.45) is 0 Å². The van der Waals surface area contributed by atoms with Crippen molar-refractivity contribution in [2.75, 3.05) is 43.1 Å². The Balaban J connectivity index is 2.00. The minimum atomic E-state index is -1.09. The van der Waals surface area contributed by atoms with Gasteiger partial charge < -0.3 is 20.2 Å². The van der Waals surface area contributed by atoms with Crippen LogP contribution >= 0.6 is 11.8 Å². The van der Waals surface area contributed by atoms with Gasteiger partial charge >= 0.3 is 5.97 Å². The number of carbonyl (C=O) groups excluding carboxylic acids is 1. The van der Waals surface area contributed by atoms with E-state index in [4.69, 9.17) is 0 Å². The molecular weight excluding hydrogens is 388 g/mol. The summed E-state index contributed by atoms with van der Waals surface area (Å²) in [6, 6.07) is 7.18. The SMILES string of the molecule is CSCCC(NC(=O)/C(C#N)=C\N1CCN(c2cccc(C)c2C)CC1)C(=O)O. The number of piperazine rings is 1. The van der Waals surface area contributed by atoms with Crippen LogP contribution in [-0.4, -0.2) is 66.1 Å². The third-order valence-electron chi connectivity index (χ3n) is 5.12. The quantitative estimate of drug-likeness (QED) is 0.495. The van der Waals surface area contributed by atoms with Gasteiger partial charge in [-0.25, -0.2) is 4.79 Å². The van der Waals surface area contributed by atoms with Gasteiger partial charge in [0.05, 0.1) is 0 Å². The lowest BCUT2D eigenvalue weighted by Gasteiger charge is -2.36. The Morgan fingerprint density at radius 1 is 1.31 bits per heavy atom. The average molecular weight is 417 g/mol. The maximum Gasteiger partial charge on any atom is 0.326 e. The number of aliphatic carboxylic acids is 1. The van der Waals surface area contributed by atoms with Crippen molar-refractivity contribution >= 4 is 29.3 Å². The number of anilines is 1. The Labute approximate surface area is 176 Å². The summed E-state index contributed by atoms with van der Waals surface area (Å²) in [6.45, 7) is 7.14. The molecule has 0 saturated carbocycles. The molecule has 1 amide bonds. The van der Waals surface area contributed by atoms with Crippen molar-refractivity contribution in [1.29, 1.82) is 5.26 Å². The summed E-state index contributed by atoms with van der Waals surface area (Å²) in [7, 11) is 0. The van der Waals surface area contributed by atoms with Gasteiger partial charge in [-0.1, -0.05) is 12.1 Å². The summed E-state index contributed by atoms with van der Waals surface area (Å²) in [4.78, 5) is 28.0. The third kappa shape index (κ3) is 6.16. The standard InChI is InChI=1S/C21H28N4O3S/c1-15-5-4-6-19(16(15)2)25-10-8-24(9-11-25)14-17(13-22)20(26)23-18(21(27)28)7-12-29-3/h4-6,14,18H,7-12H2,1-3H3,(H,23,26)(H,27,28)/b17-14-. The third-order valence-corrected chi connectivity index (χ3v) is 5.77. The van der Waals surface area contributed by atoms with Gasteiger partial charge in [-0.2, -0.15) is 17.0 Å². The zero-order valence-corrected chi connectivity index (χ0v) is 18.0. The molecule has 1 aromatic carbocycles. The largest absolute Gasteiger partial charge is 0.480 e. The zero-order valence-electron chi connectivity index (χ0n) is 17.1. The highest BCUT2D eigenvalue weighted by molar-refractivity contribution is 7.98. The number of nitrogens with zero attached hydrogens (tertiary/aromatic N) is 3. The lowest BCUT2D eigenvalue weighted by molar-refractivity contribution is -0.141. The predicted octanol–water partition coefficient (Wildman–Crippen LogP) is 2.16. The van der Waals surface area contributed by atoms with Gasteiger partial charge in [0, 0.05) is 38.1 Å². The van der Waals surface area contributed by atoms with E-state index in [0.29, 0.717) is 25.3 Å². The first-order valence-corrected chi connectivity index (χ1v) is 11.0. The number of carboxylic acids is 1. The van der Waals surface area contributed by atoms with Crippen molar-refractivity contribution in [3.05, 3.63) is 41.1 Å². The summed E-state index contributed by atoms with van der Waals surface area (Å²) in [5, 5.41) is 21.1. The molecule has 2 rings (SSSR count). The second-order valence-corrected chi connectivity index (χ2v) is 8.03. The Kier molecular flexibility index (Phi) is 8.40. The molecule has 0 aromatic heterocycles. The molecule has 1 heterocycles. The van der Waals surface area contributed by atoms with Crippen LogP contribution < -0.4 is 10.2 Å². The Hall–Kier alpha value is -2.66. The number of carboxylic acid groups (broad SMARTS) is 1. The average Bonchev–Trinajstić information content (AvgIpc) is 2.71. The van der Waals surface area contributed by atoms with Gasteiger partial charge in [0.15, 0.2) is 0 Å². The topological polar surface area (TPSA) is 96.7 Å². The van der Waals surface area contributed by atoms with Crippen LogP contribution in [0, 0.1) is 25.2 Å². The number of hydrogen-bond donors (Lipinski definition) is 2. The molecule has 29 heavy (non-hydrogen) atoms. The summed E-state index contributed by atoms with van der Waals surface area (Å²) in [6.07, 6.45) is 3.73. The molecule has 156 valence electrons. The summed E-state index contributed by atoms with van der Waals surface area (Å²) >= 11 is 1.51. The first kappa shape index (κ1) is 22.6. The molecule has 0 radical (unpaired) electrons. The highest BCUT2D eigenvalue weighted by Gasteiger charge is 2.23. The van der Waals surface area contributed by atoms with E-state index < -0.39 is 17.9 Å². The van der Waals surface area contributed by atoms with E-state index in [1.165, 1.54) is 28.6 Å². The smallest absolute Gasteiger partial charge is 0.326 e. The van der Waals surface area contributed by atoms with Crippen molar-refractivity contribution in [3.8, 4) is 6.07 Å². The molecule has 0 bridgehead atoms. The second kappa shape index (κ2) is 10.8. The molecule has 1 saturated heterocycles. The molecule has 1 aliphatic heterocycles. The molecule has 1 fully saturated rings. The lowest BCUT2D eigenvalue weighted by atomic mass is 10.1. The molecule has 1 atom stereocenters. The summed E-state index contributed by atoms with van der Waals surface area (Å²) in [5.41, 5.74) is 3.66. The number of aryl methyl sites for hydroxylation is 1. The van der Waals surface area contributed by atoms with Gasteiger partial charge in [0.1, 0.15) is 17.7 Å². The molecular formula is C21H28N4O3S. The Morgan fingerprint density at radius 3 is 2.59 bits per heavy atom. The zero-order chi connectivity index (χ0) is 21.4. The summed E-state index contributed by atoms with van der Waals surface area (Å²) < 4.78 is 0. The van der Waals surface area contributed by atoms with E-state index in [1.807, 2.05) is 17.2 Å². The van der Waals surface area contributed by atoms with E-state index >= 15 is 0 Å². The molecule has 1 aliphatic rings. The van der Waals surface area contributed by atoms with E-state index in [-0.39, 0.29) is 5.57 Å². The van der Waals surface area contributed by atoms with Crippen LogP contribution in [-0.2, 0) is 9.59 Å². The fourth-order valence-electron chi connectivity index (χ4n) is 3.22. The van der Waals surface area contributed by atoms with E-state index in [2.05, 4.69) is 42.3 Å². The molecule has 2 N–H and O–H groups in total. The van der Waals surface area contributed by atoms with Crippen molar-refractivity contribution in [3.63, 3.8) is 0 Å². The maximum absolute atomic E-state index is 12.4. The van der Waals surface area contributed by atoms with Crippen LogP contribution in [0.1, 0.15) is 17.5 Å². The Bertz CT molecular complexity index is 811. The minimum Gasteiger partial charge on any atom is -0.480 e. The van der Waals surface area contributed by atoms with Gasteiger partial charge in [-0.15, -0.1) is 0 Å². The predicted molar refractivity (Wildman–Crippen MR) is 116 cm³/mol. The van der Waals surface area contributed by atoms with Crippen molar-refractivity contribution in [2.45, 2.75) is 26.3 Å². The number of hydrogen-bond acceptors (Lipinski definition) is 6. The first-order chi connectivity index (χ1) is 13.9. The molecule has 7 nitrogen and oxygen atoms in total. The van der Waals surface area contributed by atoms with Crippen LogP contribution in [0.15, 0.2) is 30.0 Å². The molecule has 1 unspecified atom stereocenters. The van der Waals surface area contributed by atoms with Crippen LogP contribution in [0.3, 0.4) is 0 Å². The van der Waals surface area contributed by atoms with E-state index in [1.54, 1.807) is 6.20 Å². The van der Waals surface area contributed by atoms with Crippen LogP contribution in [0.25, 0.3) is 0 Å². The lowest BCUT2D eigenvalue weighted by Crippen LogP contribution is -2.45. The highest BCUT2D eigenvalue weighted by Crippen LogP contribution is 2.24. The Morgan fingerprint density at radius 2 is 2.00 bits per heavy atom. The van der Waals surface area contributed by atoms with Crippen molar-refractivity contribution in [1.82, 2.24) is 10.2 Å². The number of carbonyl (C=O) groups is 2. The number of amides is 1. The molecule has 1 aromatic rings. The van der Waals surface area contributed by atoms with E-state index in [9.17, 15) is 20.0 Å². The van der Waals surface area contributed by atoms with Gasteiger partial charge in [0.25, 0.3) is 5.91 Å². The van der Waals surface area contributed by atoms with Crippen LogP contribution in [0.5, 0.6) is 0 Å². The number of thioether (sulfide) groups is 1. The molecule has 8 heteroatoms. The molecule has 0 spiro atoms. The van der Waals surface area contributed by atoms with Crippen LogP contribution in [0.4, 0.5) is 5.69 Å². The molecule has 0 aliphatic carbocycles. The van der Waals surface area contributed by atoms with Gasteiger partial charge in [-0.3, -0.25) is 4.79 Å². The number of benzene rings is 1. The highest BCUT2D eigenvalue weighted by atomic mass is 32.2. The minimum absolute atomic E-state index is 0.0689. The second-order valence-electron chi connectivity index (χ2n) is 7.04. The number of nitriles is 1. The normalized spacial score (nSPS) is 15.6. The fourth-order valence-corrected chi connectivity index (χ4v) is 3.69. The van der Waals surface area contributed by atoms with Crippen LogP contribution in [0.2, 0.25) is 0 Å². The number of nitrogens with one attached hydrogen (secondary N) is 1. The monoisotopic (exact) mass is 416 g/mol. The van der Waals surface area contributed by atoms with Gasteiger partial charge in [0.2, 0.25) is 0 Å². The first-order valence-electron chi connectivity index (χ1n) is 9.57. The number of rotatable bonds is 8. The van der Waals surface area contributed by atoms with Crippen molar-refractivity contribution < 1.29 is 14.7 Å². The maximum atomic E-state index is 12.4. The van der Waals surface area contributed by atoms with E-state index in [0.717, 1.165) is 13.1 Å². The summed E-state index contributed by atoms with van der Waals surface area (Å²) in [5.74, 6) is -1.12. The van der Waals surface area contributed by atoms with Gasteiger partial charge in [-0.05, 0) is 49.5 Å². The fraction of sp³-hybridized carbons (Fsp3) is 0.476.